The van der Waals surface area contributed by atoms with Gasteiger partial charge in [0.1, 0.15) is 29.9 Å². The lowest BCUT2D eigenvalue weighted by atomic mass is 9.96. The Hall–Kier alpha value is -1.78. The molecular weight excluding hydrogens is 294 g/mol. The van der Waals surface area contributed by atoms with Gasteiger partial charge in [0.15, 0.2) is 11.8 Å². The van der Waals surface area contributed by atoms with Crippen LogP contribution < -0.4 is 5.32 Å². The molecule has 5 N–H and O–H groups in total. The monoisotopic (exact) mass is 311 g/mol. The van der Waals surface area contributed by atoms with Gasteiger partial charge in [-0.1, -0.05) is 6.07 Å². The number of aliphatic hydroxyl groups excluding tert-OH is 4. The Labute approximate surface area is 125 Å². The first-order valence-corrected chi connectivity index (χ1v) is 6.82. The smallest absolute Gasteiger partial charge is 0.178 e. The maximum absolute atomic E-state index is 10.1. The summed E-state index contributed by atoms with van der Waals surface area (Å²) in [4.78, 5) is 0. The number of benzene rings is 1. The first kappa shape index (κ1) is 15.1. The summed E-state index contributed by atoms with van der Waals surface area (Å²) in [6.45, 7) is 1.34. The number of nitrogens with one attached hydrogen (secondary N) is 1. The van der Waals surface area contributed by atoms with Crippen LogP contribution in [0.25, 0.3) is 11.0 Å². The number of hydrogen-bond donors (Lipinski definition) is 5. The lowest BCUT2D eigenvalue weighted by Crippen LogP contribution is -2.61. The maximum atomic E-state index is 10.1. The number of rotatable bonds is 3. The standard InChI is InChI=1S/C13H17N3O6/c1-5-2-3-6(9-8(5)15-22-16-9)14-10-12(19)11(18)7(4-17)21-13(10)20/h2-3,7,10-14,17-20H,4H2,1H3/t7?,10-,11+,12?,13?/m1/s1. The molecule has 0 aliphatic carbocycles. The molecule has 2 aromatic rings. The minimum absolute atomic E-state index is 0.443. The van der Waals surface area contributed by atoms with E-state index in [1.807, 2.05) is 6.92 Å². The Balaban J connectivity index is 1.88. The lowest BCUT2D eigenvalue weighted by Gasteiger charge is -2.40. The molecule has 2 heterocycles. The molecule has 0 radical (unpaired) electrons. The van der Waals surface area contributed by atoms with Crippen LogP contribution in [0.15, 0.2) is 16.8 Å². The van der Waals surface area contributed by atoms with Crippen LogP contribution in [-0.4, -0.2) is 68.0 Å². The SMILES string of the molecule is Cc1ccc(N[C@H]2C(O)OC(CO)[C@H](O)C2O)c2nonc12. The van der Waals surface area contributed by atoms with Crippen LogP contribution >= 0.6 is 0 Å². The second kappa shape index (κ2) is 5.78. The predicted octanol–water partition coefficient (Wildman–Crippen LogP) is -1.26. The number of aryl methyl sites for hydroxylation is 1. The number of anilines is 1. The van der Waals surface area contributed by atoms with Gasteiger partial charge in [-0.15, -0.1) is 0 Å². The number of ether oxygens (including phenoxy) is 1. The predicted molar refractivity (Wildman–Crippen MR) is 73.9 cm³/mol. The molecule has 1 saturated heterocycles. The molecule has 9 heteroatoms. The summed E-state index contributed by atoms with van der Waals surface area (Å²) in [5.41, 5.74) is 2.34. The summed E-state index contributed by atoms with van der Waals surface area (Å²) < 4.78 is 9.80. The van der Waals surface area contributed by atoms with Crippen molar-refractivity contribution in [3.05, 3.63) is 17.7 Å². The zero-order chi connectivity index (χ0) is 15.9. The van der Waals surface area contributed by atoms with Gasteiger partial charge in [-0.3, -0.25) is 0 Å². The van der Waals surface area contributed by atoms with Crippen molar-refractivity contribution in [2.75, 3.05) is 11.9 Å². The fourth-order valence-corrected chi connectivity index (χ4v) is 2.54. The quantitative estimate of drug-likeness (QED) is 0.469. The molecule has 22 heavy (non-hydrogen) atoms. The molecule has 1 aromatic heterocycles. The van der Waals surface area contributed by atoms with E-state index in [1.54, 1.807) is 12.1 Å². The Morgan fingerprint density at radius 3 is 2.59 bits per heavy atom. The van der Waals surface area contributed by atoms with Crippen LogP contribution in [0.4, 0.5) is 5.69 Å². The van der Waals surface area contributed by atoms with Gasteiger partial charge in [0.25, 0.3) is 0 Å². The van der Waals surface area contributed by atoms with Crippen LogP contribution in [0.2, 0.25) is 0 Å². The summed E-state index contributed by atoms with van der Waals surface area (Å²) >= 11 is 0. The van der Waals surface area contributed by atoms with Crippen molar-refractivity contribution >= 4 is 16.7 Å². The molecule has 0 amide bonds. The summed E-state index contributed by atoms with van der Waals surface area (Å²) in [5.74, 6) is 0. The normalized spacial score (nSPS) is 32.3. The topological polar surface area (TPSA) is 141 Å². The molecule has 1 aliphatic rings. The van der Waals surface area contributed by atoms with Crippen molar-refractivity contribution in [1.82, 2.24) is 10.3 Å². The highest BCUT2D eigenvalue weighted by atomic mass is 16.6. The minimum atomic E-state index is -1.41. The Morgan fingerprint density at radius 2 is 1.86 bits per heavy atom. The molecule has 1 fully saturated rings. The molecule has 1 aromatic carbocycles. The van der Waals surface area contributed by atoms with E-state index >= 15 is 0 Å². The average molecular weight is 311 g/mol. The van der Waals surface area contributed by atoms with Crippen LogP contribution in [0.1, 0.15) is 5.56 Å². The summed E-state index contributed by atoms with van der Waals surface area (Å²) in [6.07, 6.45) is -5.12. The first-order valence-electron chi connectivity index (χ1n) is 6.82. The Morgan fingerprint density at radius 1 is 1.14 bits per heavy atom. The molecule has 1 aliphatic heterocycles. The van der Waals surface area contributed by atoms with E-state index in [2.05, 4.69) is 15.6 Å². The van der Waals surface area contributed by atoms with Crippen molar-refractivity contribution in [3.63, 3.8) is 0 Å². The number of aliphatic hydroxyl groups is 4. The number of hydrogen-bond acceptors (Lipinski definition) is 9. The Kier molecular flexibility index (Phi) is 3.98. The molecule has 3 unspecified atom stereocenters. The van der Waals surface area contributed by atoms with E-state index in [4.69, 9.17) is 14.5 Å². The summed E-state index contributed by atoms with van der Waals surface area (Å²) in [7, 11) is 0. The highest BCUT2D eigenvalue weighted by Crippen LogP contribution is 2.27. The van der Waals surface area contributed by atoms with Gasteiger partial charge in [-0.25, -0.2) is 4.63 Å². The van der Waals surface area contributed by atoms with Crippen molar-refractivity contribution in [1.29, 1.82) is 0 Å². The van der Waals surface area contributed by atoms with Gasteiger partial charge < -0.3 is 30.5 Å². The van der Waals surface area contributed by atoms with Crippen molar-refractivity contribution < 1.29 is 29.8 Å². The second-order valence-electron chi connectivity index (χ2n) is 5.29. The highest BCUT2D eigenvalue weighted by molar-refractivity contribution is 5.89. The molecule has 0 saturated carbocycles. The van der Waals surface area contributed by atoms with Crippen LogP contribution in [0.3, 0.4) is 0 Å². The molecule has 9 nitrogen and oxygen atoms in total. The first-order chi connectivity index (χ1) is 10.5. The van der Waals surface area contributed by atoms with Crippen LogP contribution in [0, 0.1) is 6.92 Å². The zero-order valence-electron chi connectivity index (χ0n) is 11.7. The second-order valence-corrected chi connectivity index (χ2v) is 5.29. The van der Waals surface area contributed by atoms with Gasteiger partial charge in [0, 0.05) is 0 Å². The van der Waals surface area contributed by atoms with E-state index in [1.165, 1.54) is 0 Å². The van der Waals surface area contributed by atoms with Crippen LogP contribution in [0.5, 0.6) is 0 Å². The van der Waals surface area contributed by atoms with E-state index in [9.17, 15) is 15.3 Å². The lowest BCUT2D eigenvalue weighted by molar-refractivity contribution is -0.245. The van der Waals surface area contributed by atoms with Gasteiger partial charge >= 0.3 is 0 Å². The van der Waals surface area contributed by atoms with Gasteiger partial charge in [-0.2, -0.15) is 0 Å². The fourth-order valence-electron chi connectivity index (χ4n) is 2.54. The van der Waals surface area contributed by atoms with E-state index < -0.39 is 37.3 Å². The van der Waals surface area contributed by atoms with E-state index in [0.717, 1.165) is 5.56 Å². The van der Waals surface area contributed by atoms with Crippen molar-refractivity contribution in [2.24, 2.45) is 0 Å². The molecule has 120 valence electrons. The summed E-state index contributed by atoms with van der Waals surface area (Å²) in [5, 5.41) is 49.5. The number of nitrogens with zero attached hydrogens (tertiary/aromatic N) is 2. The minimum Gasteiger partial charge on any atom is -0.394 e. The molecule has 5 atom stereocenters. The van der Waals surface area contributed by atoms with Gasteiger partial charge in [0.2, 0.25) is 0 Å². The Bertz CT molecular complexity index is 662. The largest absolute Gasteiger partial charge is 0.394 e. The van der Waals surface area contributed by atoms with E-state index in [-0.39, 0.29) is 0 Å². The van der Waals surface area contributed by atoms with Crippen molar-refractivity contribution in [3.8, 4) is 0 Å². The zero-order valence-corrected chi connectivity index (χ0v) is 11.7. The third-order valence-electron chi connectivity index (χ3n) is 3.84. The van der Waals surface area contributed by atoms with Gasteiger partial charge in [-0.05, 0) is 28.9 Å². The molecular formula is C13H17N3O6. The number of fused-ring (bicyclic) bond motifs is 1. The van der Waals surface area contributed by atoms with E-state index in [0.29, 0.717) is 16.7 Å². The molecule has 0 bridgehead atoms. The molecule has 3 rings (SSSR count). The van der Waals surface area contributed by atoms with Crippen molar-refractivity contribution in [2.45, 2.75) is 37.6 Å². The molecule has 0 spiro atoms. The third-order valence-corrected chi connectivity index (χ3v) is 3.84. The average Bonchev–Trinajstić information content (AvgIpc) is 3.00. The van der Waals surface area contributed by atoms with Crippen LogP contribution in [-0.2, 0) is 4.74 Å². The highest BCUT2D eigenvalue weighted by Gasteiger charge is 2.43. The summed E-state index contributed by atoms with van der Waals surface area (Å²) in [6, 6.07) is 2.48. The maximum Gasteiger partial charge on any atom is 0.178 e. The number of aromatic nitrogens is 2. The fraction of sp³-hybridized carbons (Fsp3) is 0.538. The van der Waals surface area contributed by atoms with Gasteiger partial charge in [0.05, 0.1) is 12.3 Å². The third kappa shape index (κ3) is 2.42.